The molecule has 0 bridgehead atoms. The molecular weight excluding hydrogens is 304 g/mol. The van der Waals surface area contributed by atoms with Crippen LogP contribution in [0.15, 0.2) is 47.8 Å². The van der Waals surface area contributed by atoms with Gasteiger partial charge < -0.3 is 16.0 Å². The van der Waals surface area contributed by atoms with Crippen LogP contribution in [0, 0.1) is 0 Å². The van der Waals surface area contributed by atoms with E-state index in [4.69, 9.17) is 0 Å². The van der Waals surface area contributed by atoms with Gasteiger partial charge in [-0.05, 0) is 25.4 Å². The summed E-state index contributed by atoms with van der Waals surface area (Å²) >= 11 is 1.65. The fourth-order valence-corrected chi connectivity index (χ4v) is 3.29. The molecule has 0 amide bonds. The molecule has 3 aromatic rings. The lowest BCUT2D eigenvalue weighted by molar-refractivity contribution is 0.637. The Hall–Kier alpha value is -2.11. The average molecular weight is 326 g/mol. The molecule has 0 spiro atoms. The minimum absolute atomic E-state index is 0.288. The maximum absolute atomic E-state index is 4.59. The molecule has 0 aliphatic heterocycles. The Balaban J connectivity index is 1.54. The van der Waals surface area contributed by atoms with E-state index in [9.17, 15) is 0 Å². The number of thiazole rings is 1. The van der Waals surface area contributed by atoms with Crippen molar-refractivity contribution in [3.63, 3.8) is 0 Å². The molecule has 1 unspecified atom stereocenters. The predicted molar refractivity (Wildman–Crippen MR) is 101 cm³/mol. The van der Waals surface area contributed by atoms with Crippen LogP contribution < -0.4 is 16.0 Å². The highest BCUT2D eigenvalue weighted by atomic mass is 32.1. The molecule has 4 nitrogen and oxygen atoms in total. The second-order valence-corrected chi connectivity index (χ2v) is 6.33. The Kier molecular flexibility index (Phi) is 5.10. The summed E-state index contributed by atoms with van der Waals surface area (Å²) in [7, 11) is 1.95. The fourth-order valence-electron chi connectivity index (χ4n) is 2.46. The third-order valence-electron chi connectivity index (χ3n) is 3.90. The summed E-state index contributed by atoms with van der Waals surface area (Å²) in [4.78, 5) is 4.59. The zero-order valence-corrected chi connectivity index (χ0v) is 14.3. The van der Waals surface area contributed by atoms with Crippen LogP contribution in [0.2, 0.25) is 0 Å². The molecule has 1 atom stereocenters. The van der Waals surface area contributed by atoms with Crippen molar-refractivity contribution in [1.29, 1.82) is 0 Å². The molecule has 0 saturated heterocycles. The van der Waals surface area contributed by atoms with Crippen molar-refractivity contribution < 1.29 is 0 Å². The molecular formula is C18H22N4S. The minimum atomic E-state index is 0.288. The molecule has 0 aliphatic rings. The zero-order chi connectivity index (χ0) is 16.1. The van der Waals surface area contributed by atoms with Crippen molar-refractivity contribution in [3.8, 4) is 0 Å². The average Bonchev–Trinajstić information content (AvgIpc) is 3.07. The summed E-state index contributed by atoms with van der Waals surface area (Å²) in [5, 5.41) is 15.7. The first-order chi connectivity index (χ1) is 11.3. The van der Waals surface area contributed by atoms with Gasteiger partial charge in [0.15, 0.2) is 5.13 Å². The highest BCUT2D eigenvalue weighted by molar-refractivity contribution is 7.13. The first-order valence-electron chi connectivity index (χ1n) is 7.86. The molecule has 0 saturated carbocycles. The maximum atomic E-state index is 4.59. The quantitative estimate of drug-likeness (QED) is 0.572. The van der Waals surface area contributed by atoms with Crippen molar-refractivity contribution >= 4 is 32.9 Å². The van der Waals surface area contributed by atoms with Crippen molar-refractivity contribution in [2.45, 2.75) is 13.0 Å². The third kappa shape index (κ3) is 3.81. The molecule has 2 aromatic carbocycles. The lowest BCUT2D eigenvalue weighted by atomic mass is 10.1. The van der Waals surface area contributed by atoms with Gasteiger partial charge in [0.25, 0.3) is 0 Å². The van der Waals surface area contributed by atoms with Crippen LogP contribution in [0.3, 0.4) is 0 Å². The summed E-state index contributed by atoms with van der Waals surface area (Å²) in [6.45, 7) is 3.80. The van der Waals surface area contributed by atoms with Crippen molar-refractivity contribution in [3.05, 3.63) is 53.5 Å². The number of hydrogen-bond acceptors (Lipinski definition) is 5. The highest BCUT2D eigenvalue weighted by Gasteiger charge is 2.07. The number of anilines is 2. The van der Waals surface area contributed by atoms with Crippen molar-refractivity contribution in [2.24, 2.45) is 0 Å². The van der Waals surface area contributed by atoms with Gasteiger partial charge >= 0.3 is 0 Å². The van der Waals surface area contributed by atoms with Gasteiger partial charge in [0.2, 0.25) is 0 Å². The number of nitrogens with zero attached hydrogens (tertiary/aromatic N) is 1. The summed E-state index contributed by atoms with van der Waals surface area (Å²) in [6.07, 6.45) is 0. The number of benzene rings is 2. The van der Waals surface area contributed by atoms with E-state index in [0.717, 1.165) is 23.9 Å². The van der Waals surface area contributed by atoms with E-state index in [-0.39, 0.29) is 6.04 Å². The summed E-state index contributed by atoms with van der Waals surface area (Å²) in [5.41, 5.74) is 2.26. The van der Waals surface area contributed by atoms with Crippen LogP contribution in [0.5, 0.6) is 0 Å². The Morgan fingerprint density at radius 1 is 1.04 bits per heavy atom. The molecule has 5 heteroatoms. The molecule has 3 rings (SSSR count). The van der Waals surface area contributed by atoms with Gasteiger partial charge in [0, 0.05) is 35.6 Å². The second-order valence-electron chi connectivity index (χ2n) is 5.47. The Morgan fingerprint density at radius 3 is 2.70 bits per heavy atom. The Labute approximate surface area is 141 Å². The molecule has 1 aromatic heterocycles. The lowest BCUT2D eigenvalue weighted by Crippen LogP contribution is -2.15. The SMILES string of the molecule is CNC(C)c1csc(NCCNc2cccc3ccccc23)n1. The van der Waals surface area contributed by atoms with Crippen molar-refractivity contribution in [2.75, 3.05) is 30.8 Å². The van der Waals surface area contributed by atoms with Gasteiger partial charge in [-0.25, -0.2) is 4.98 Å². The monoisotopic (exact) mass is 326 g/mol. The number of nitrogens with one attached hydrogen (secondary N) is 3. The third-order valence-corrected chi connectivity index (χ3v) is 4.72. The van der Waals surface area contributed by atoms with Crippen LogP contribution in [-0.2, 0) is 0 Å². The predicted octanol–water partition coefficient (Wildman–Crippen LogP) is 4.10. The van der Waals surface area contributed by atoms with Gasteiger partial charge in [-0.3, -0.25) is 0 Å². The van der Waals surface area contributed by atoms with Crippen molar-refractivity contribution in [1.82, 2.24) is 10.3 Å². The zero-order valence-electron chi connectivity index (χ0n) is 13.5. The summed E-state index contributed by atoms with van der Waals surface area (Å²) in [5.74, 6) is 0. The lowest BCUT2D eigenvalue weighted by Gasteiger charge is -2.10. The maximum Gasteiger partial charge on any atom is 0.182 e. The topological polar surface area (TPSA) is 49.0 Å². The standard InChI is InChI=1S/C18H22N4S/c1-13(19-2)17-12-23-18(22-17)21-11-10-20-16-9-5-7-14-6-3-4-8-15(14)16/h3-9,12-13,19-20H,10-11H2,1-2H3,(H,21,22). The number of rotatable bonds is 7. The molecule has 0 radical (unpaired) electrons. The molecule has 0 fully saturated rings. The minimum Gasteiger partial charge on any atom is -0.383 e. The van der Waals surface area contributed by atoms with Gasteiger partial charge in [-0.2, -0.15) is 0 Å². The Bertz CT molecular complexity index is 763. The molecule has 120 valence electrons. The van der Waals surface area contributed by atoms with Gasteiger partial charge in [-0.15, -0.1) is 11.3 Å². The van der Waals surface area contributed by atoms with Crippen LogP contribution in [0.1, 0.15) is 18.7 Å². The number of fused-ring (bicyclic) bond motifs is 1. The molecule has 0 aliphatic carbocycles. The summed E-state index contributed by atoms with van der Waals surface area (Å²) in [6, 6.07) is 15.1. The normalized spacial score (nSPS) is 12.3. The first-order valence-corrected chi connectivity index (χ1v) is 8.74. The molecule has 23 heavy (non-hydrogen) atoms. The summed E-state index contributed by atoms with van der Waals surface area (Å²) < 4.78 is 0. The second kappa shape index (κ2) is 7.44. The molecule has 1 heterocycles. The Morgan fingerprint density at radius 2 is 1.83 bits per heavy atom. The fraction of sp³-hybridized carbons (Fsp3) is 0.278. The van der Waals surface area contributed by atoms with Crippen LogP contribution in [0.25, 0.3) is 10.8 Å². The van der Waals surface area contributed by atoms with Gasteiger partial charge in [-0.1, -0.05) is 36.4 Å². The van der Waals surface area contributed by atoms with Gasteiger partial charge in [0.1, 0.15) is 0 Å². The van der Waals surface area contributed by atoms with E-state index >= 15 is 0 Å². The molecule has 3 N–H and O–H groups in total. The van der Waals surface area contributed by atoms with E-state index in [2.05, 4.69) is 75.7 Å². The highest BCUT2D eigenvalue weighted by Crippen LogP contribution is 2.23. The largest absolute Gasteiger partial charge is 0.383 e. The number of aromatic nitrogens is 1. The van der Waals surface area contributed by atoms with Gasteiger partial charge in [0.05, 0.1) is 5.69 Å². The smallest absolute Gasteiger partial charge is 0.182 e. The first kappa shape index (κ1) is 15.8. The van der Waals surface area contributed by atoms with Crippen LogP contribution in [0.4, 0.5) is 10.8 Å². The van der Waals surface area contributed by atoms with E-state index in [1.54, 1.807) is 11.3 Å². The van der Waals surface area contributed by atoms with E-state index in [1.165, 1.54) is 16.5 Å². The van der Waals surface area contributed by atoms with E-state index in [0.29, 0.717) is 0 Å². The van der Waals surface area contributed by atoms with E-state index < -0.39 is 0 Å². The van der Waals surface area contributed by atoms with E-state index in [1.807, 2.05) is 7.05 Å². The van der Waals surface area contributed by atoms with Crippen LogP contribution in [-0.4, -0.2) is 25.1 Å². The number of hydrogen-bond donors (Lipinski definition) is 3. The van der Waals surface area contributed by atoms with Crippen LogP contribution >= 0.6 is 11.3 Å².